The van der Waals surface area contributed by atoms with E-state index in [2.05, 4.69) is 58.1 Å². The predicted molar refractivity (Wildman–Crippen MR) is 126 cm³/mol. The van der Waals surface area contributed by atoms with Gasteiger partial charge in [-0.15, -0.1) is 11.3 Å². The summed E-state index contributed by atoms with van der Waals surface area (Å²) in [6, 6.07) is 14.3. The van der Waals surface area contributed by atoms with Gasteiger partial charge in [-0.2, -0.15) is 0 Å². The number of nitrogens with one attached hydrogen (secondary N) is 2. The molecule has 8 heteroatoms. The van der Waals surface area contributed by atoms with Crippen LogP contribution >= 0.6 is 11.3 Å². The van der Waals surface area contributed by atoms with Gasteiger partial charge < -0.3 is 10.6 Å². The first-order valence-corrected chi connectivity index (χ1v) is 12.0. The summed E-state index contributed by atoms with van der Waals surface area (Å²) in [5.41, 5.74) is 6.11. The molecule has 0 unspecified atom stereocenters. The van der Waals surface area contributed by atoms with Gasteiger partial charge in [0.05, 0.1) is 5.69 Å². The fourth-order valence-electron chi connectivity index (χ4n) is 5.21. The summed E-state index contributed by atoms with van der Waals surface area (Å²) in [5.74, 6) is -0.724. The van der Waals surface area contributed by atoms with Crippen molar-refractivity contribution in [2.24, 2.45) is 0 Å². The van der Waals surface area contributed by atoms with Crippen molar-refractivity contribution < 1.29 is 14.4 Å². The van der Waals surface area contributed by atoms with E-state index >= 15 is 0 Å². The third-order valence-electron chi connectivity index (χ3n) is 6.84. The Morgan fingerprint density at radius 1 is 1.09 bits per heavy atom. The van der Waals surface area contributed by atoms with Crippen LogP contribution in [0.5, 0.6) is 0 Å². The maximum absolute atomic E-state index is 12.7. The molecule has 2 heterocycles. The van der Waals surface area contributed by atoms with Gasteiger partial charge in [-0.25, -0.2) is 9.78 Å². The summed E-state index contributed by atoms with van der Waals surface area (Å²) in [6.45, 7) is -0.307. The van der Waals surface area contributed by atoms with Crippen LogP contribution in [0, 0.1) is 0 Å². The van der Waals surface area contributed by atoms with Gasteiger partial charge in [0.15, 0.2) is 5.13 Å². The largest absolute Gasteiger partial charge is 0.325 e. The SMILES string of the molecule is O=C(CN1C(=O)NC2(CCCC2)C1=O)Nc1nc(-c2ccc3c(c2)Cc2ccccc2-3)cs1. The zero-order valence-electron chi connectivity index (χ0n) is 17.9. The summed E-state index contributed by atoms with van der Waals surface area (Å²) in [4.78, 5) is 43.2. The molecule has 7 nitrogen and oxygen atoms in total. The highest BCUT2D eigenvalue weighted by molar-refractivity contribution is 7.14. The summed E-state index contributed by atoms with van der Waals surface area (Å²) >= 11 is 1.32. The number of aromatic nitrogens is 1. The summed E-state index contributed by atoms with van der Waals surface area (Å²) < 4.78 is 0. The molecule has 1 aliphatic heterocycles. The van der Waals surface area contributed by atoms with Crippen LogP contribution in [0.3, 0.4) is 0 Å². The smallest absolute Gasteiger partial charge is 0.323 e. The van der Waals surface area contributed by atoms with E-state index in [9.17, 15) is 14.4 Å². The van der Waals surface area contributed by atoms with E-state index < -0.39 is 17.5 Å². The molecule has 166 valence electrons. The topological polar surface area (TPSA) is 91.4 Å². The Bertz CT molecular complexity index is 1310. The maximum Gasteiger partial charge on any atom is 0.325 e. The number of amides is 4. The van der Waals surface area contributed by atoms with E-state index in [1.807, 2.05) is 5.38 Å². The average molecular weight is 459 g/mol. The second-order valence-electron chi connectivity index (χ2n) is 8.90. The van der Waals surface area contributed by atoms with Crippen molar-refractivity contribution in [3.05, 3.63) is 59.0 Å². The first-order valence-electron chi connectivity index (χ1n) is 11.1. The molecule has 3 aromatic rings. The highest BCUT2D eigenvalue weighted by atomic mass is 32.1. The molecular formula is C25H22N4O3S. The minimum atomic E-state index is -0.807. The van der Waals surface area contributed by atoms with Crippen LogP contribution in [0.1, 0.15) is 36.8 Å². The van der Waals surface area contributed by atoms with Crippen molar-refractivity contribution in [3.63, 3.8) is 0 Å². The van der Waals surface area contributed by atoms with Gasteiger partial charge in [0.25, 0.3) is 5.91 Å². The molecule has 2 aromatic carbocycles. The number of fused-ring (bicyclic) bond motifs is 3. The molecule has 1 spiro atoms. The number of benzene rings is 2. The Hall–Kier alpha value is -3.52. The van der Waals surface area contributed by atoms with Gasteiger partial charge in [-0.3, -0.25) is 14.5 Å². The number of hydrogen-bond donors (Lipinski definition) is 2. The minimum Gasteiger partial charge on any atom is -0.323 e. The van der Waals surface area contributed by atoms with Crippen LogP contribution < -0.4 is 10.6 Å². The average Bonchev–Trinajstić information content (AvgIpc) is 3.58. The van der Waals surface area contributed by atoms with E-state index in [4.69, 9.17) is 0 Å². The lowest BCUT2D eigenvalue weighted by molar-refractivity contribution is -0.133. The predicted octanol–water partition coefficient (Wildman–Crippen LogP) is 4.18. The molecule has 6 rings (SSSR count). The number of hydrogen-bond acceptors (Lipinski definition) is 5. The van der Waals surface area contributed by atoms with E-state index in [1.54, 1.807) is 0 Å². The molecule has 0 radical (unpaired) electrons. The Balaban J connectivity index is 1.14. The van der Waals surface area contributed by atoms with E-state index in [1.165, 1.54) is 33.6 Å². The minimum absolute atomic E-state index is 0.292. The number of rotatable bonds is 4. The Kier molecular flexibility index (Phi) is 4.58. The lowest BCUT2D eigenvalue weighted by atomic mass is 9.98. The lowest BCUT2D eigenvalue weighted by Crippen LogP contribution is -2.44. The van der Waals surface area contributed by atoms with Crippen molar-refractivity contribution in [1.29, 1.82) is 0 Å². The molecule has 0 bridgehead atoms. The second kappa shape index (κ2) is 7.52. The van der Waals surface area contributed by atoms with Crippen LogP contribution in [-0.2, 0) is 16.0 Å². The molecule has 2 fully saturated rings. The molecule has 2 N–H and O–H groups in total. The van der Waals surface area contributed by atoms with Crippen LogP contribution in [0.2, 0.25) is 0 Å². The van der Waals surface area contributed by atoms with Crippen LogP contribution in [0.15, 0.2) is 47.8 Å². The summed E-state index contributed by atoms with van der Waals surface area (Å²) in [5, 5.41) is 7.88. The molecule has 1 saturated carbocycles. The van der Waals surface area contributed by atoms with Crippen molar-refractivity contribution in [2.75, 3.05) is 11.9 Å². The number of carbonyl (C=O) groups is 3. The number of imide groups is 1. The zero-order chi connectivity index (χ0) is 22.6. The number of urea groups is 1. The molecule has 3 aliphatic rings. The Morgan fingerprint density at radius 2 is 1.88 bits per heavy atom. The van der Waals surface area contributed by atoms with Gasteiger partial charge in [0, 0.05) is 10.9 Å². The van der Waals surface area contributed by atoms with Crippen molar-refractivity contribution in [3.8, 4) is 22.4 Å². The number of thiazole rings is 1. The van der Waals surface area contributed by atoms with Gasteiger partial charge in [-0.1, -0.05) is 49.2 Å². The maximum atomic E-state index is 12.7. The third-order valence-corrected chi connectivity index (χ3v) is 7.60. The van der Waals surface area contributed by atoms with Crippen LogP contribution in [0.25, 0.3) is 22.4 Å². The van der Waals surface area contributed by atoms with E-state index in [0.29, 0.717) is 18.0 Å². The lowest BCUT2D eigenvalue weighted by Gasteiger charge is -2.19. The Morgan fingerprint density at radius 3 is 2.73 bits per heavy atom. The van der Waals surface area contributed by atoms with E-state index in [-0.39, 0.29) is 12.5 Å². The quantitative estimate of drug-likeness (QED) is 0.449. The fraction of sp³-hybridized carbons (Fsp3) is 0.280. The molecule has 0 atom stereocenters. The van der Waals surface area contributed by atoms with Crippen molar-refractivity contribution >= 4 is 34.3 Å². The van der Waals surface area contributed by atoms with Crippen LogP contribution in [0.4, 0.5) is 9.93 Å². The highest BCUT2D eigenvalue weighted by Gasteiger charge is 2.52. The van der Waals surface area contributed by atoms with Gasteiger partial charge in [0.1, 0.15) is 12.1 Å². The molecule has 1 saturated heterocycles. The number of anilines is 1. The van der Waals surface area contributed by atoms with Gasteiger partial charge in [0.2, 0.25) is 5.91 Å². The molecule has 4 amide bonds. The summed E-state index contributed by atoms with van der Waals surface area (Å²) in [6.07, 6.45) is 3.99. The third kappa shape index (κ3) is 3.33. The van der Waals surface area contributed by atoms with Gasteiger partial charge in [-0.05, 0) is 47.6 Å². The molecule has 1 aromatic heterocycles. The molecule has 2 aliphatic carbocycles. The fourth-order valence-corrected chi connectivity index (χ4v) is 5.94. The number of carbonyl (C=O) groups excluding carboxylic acids is 3. The standard InChI is InChI=1S/C25H22N4O3S/c30-21(13-29-22(31)25(28-24(29)32)9-3-4-10-25)27-23-26-20(14-33-23)16-7-8-19-17(12-16)11-15-5-1-2-6-18(15)19/h1-2,5-8,12,14H,3-4,9-11,13H2,(H,28,32)(H,26,27,30). The van der Waals surface area contributed by atoms with E-state index in [0.717, 1.165) is 35.4 Å². The molecule has 33 heavy (non-hydrogen) atoms. The van der Waals surface area contributed by atoms with Crippen molar-refractivity contribution in [1.82, 2.24) is 15.2 Å². The monoisotopic (exact) mass is 458 g/mol. The number of nitrogens with zero attached hydrogens (tertiary/aromatic N) is 2. The first kappa shape index (κ1) is 20.1. The second-order valence-corrected chi connectivity index (χ2v) is 9.76. The molecular weight excluding hydrogens is 436 g/mol. The normalized spacial score (nSPS) is 17.9. The van der Waals surface area contributed by atoms with Gasteiger partial charge >= 0.3 is 6.03 Å². The van der Waals surface area contributed by atoms with Crippen molar-refractivity contribution in [2.45, 2.75) is 37.6 Å². The zero-order valence-corrected chi connectivity index (χ0v) is 18.7. The summed E-state index contributed by atoms with van der Waals surface area (Å²) in [7, 11) is 0. The Labute approximate surface area is 194 Å². The highest BCUT2D eigenvalue weighted by Crippen LogP contribution is 2.39. The first-order chi connectivity index (χ1) is 16.0. The van der Waals surface area contributed by atoms with Crippen LogP contribution in [-0.4, -0.2) is 39.8 Å².